The molecule has 0 spiro atoms. The third-order valence-corrected chi connectivity index (χ3v) is 4.55. The molecule has 1 aliphatic rings. The zero-order valence-electron chi connectivity index (χ0n) is 12.5. The maximum atomic E-state index is 13.8. The lowest BCUT2D eigenvalue weighted by Gasteiger charge is -2.32. The van der Waals surface area contributed by atoms with Crippen molar-refractivity contribution in [2.45, 2.75) is 64.5 Å². The first-order valence-electron chi connectivity index (χ1n) is 7.82. The molecule has 1 saturated carbocycles. The summed E-state index contributed by atoms with van der Waals surface area (Å²) < 4.78 is 27.1. The summed E-state index contributed by atoms with van der Waals surface area (Å²) in [6, 6.07) is 3.93. The molecule has 1 aromatic carbocycles. The van der Waals surface area contributed by atoms with Gasteiger partial charge in [-0.1, -0.05) is 26.2 Å². The van der Waals surface area contributed by atoms with Gasteiger partial charge in [0.2, 0.25) is 0 Å². The molecule has 2 atom stereocenters. The summed E-state index contributed by atoms with van der Waals surface area (Å²) in [5, 5.41) is 3.51. The lowest BCUT2D eigenvalue weighted by Crippen LogP contribution is -2.38. The third-order valence-electron chi connectivity index (χ3n) is 4.55. The van der Waals surface area contributed by atoms with Crippen LogP contribution >= 0.6 is 0 Å². The number of benzene rings is 1. The maximum absolute atomic E-state index is 13.8. The Morgan fingerprint density at radius 1 is 1.20 bits per heavy atom. The molecule has 3 heteroatoms. The van der Waals surface area contributed by atoms with Gasteiger partial charge in [0.05, 0.1) is 0 Å². The van der Waals surface area contributed by atoms with Crippen LogP contribution in [-0.4, -0.2) is 6.04 Å². The molecule has 112 valence electrons. The molecule has 2 unspecified atom stereocenters. The zero-order valence-corrected chi connectivity index (χ0v) is 12.5. The molecule has 0 amide bonds. The van der Waals surface area contributed by atoms with E-state index in [0.29, 0.717) is 17.5 Å². The summed E-state index contributed by atoms with van der Waals surface area (Å²) in [4.78, 5) is 0. The van der Waals surface area contributed by atoms with Crippen LogP contribution in [0.15, 0.2) is 18.2 Å². The van der Waals surface area contributed by atoms with E-state index in [1.807, 2.05) is 6.92 Å². The highest BCUT2D eigenvalue weighted by molar-refractivity contribution is 5.22. The van der Waals surface area contributed by atoms with Crippen molar-refractivity contribution in [3.8, 4) is 0 Å². The van der Waals surface area contributed by atoms with Crippen molar-refractivity contribution < 1.29 is 8.78 Å². The second-order valence-corrected chi connectivity index (χ2v) is 5.97. The number of hydrogen-bond donors (Lipinski definition) is 1. The minimum Gasteiger partial charge on any atom is -0.307 e. The van der Waals surface area contributed by atoms with E-state index < -0.39 is 0 Å². The van der Waals surface area contributed by atoms with E-state index in [0.717, 1.165) is 6.42 Å². The van der Waals surface area contributed by atoms with Crippen LogP contribution in [0.2, 0.25) is 0 Å². The Morgan fingerprint density at radius 2 is 1.90 bits per heavy atom. The van der Waals surface area contributed by atoms with E-state index in [9.17, 15) is 8.78 Å². The van der Waals surface area contributed by atoms with Crippen LogP contribution in [0.4, 0.5) is 8.78 Å². The first kappa shape index (κ1) is 15.4. The van der Waals surface area contributed by atoms with Crippen LogP contribution < -0.4 is 5.32 Å². The topological polar surface area (TPSA) is 12.0 Å². The van der Waals surface area contributed by atoms with Crippen molar-refractivity contribution in [1.82, 2.24) is 5.32 Å². The van der Waals surface area contributed by atoms with Crippen molar-refractivity contribution in [3.05, 3.63) is 35.4 Å². The van der Waals surface area contributed by atoms with Gasteiger partial charge in [0, 0.05) is 17.6 Å². The molecule has 1 fully saturated rings. The smallest absolute Gasteiger partial charge is 0.128 e. The number of hydrogen-bond acceptors (Lipinski definition) is 1. The van der Waals surface area contributed by atoms with Crippen molar-refractivity contribution in [2.75, 3.05) is 0 Å². The average Bonchev–Trinajstić information content (AvgIpc) is 2.48. The molecule has 1 aromatic rings. The summed E-state index contributed by atoms with van der Waals surface area (Å²) in [5.74, 6) is -0.0292. The van der Waals surface area contributed by atoms with E-state index in [1.165, 1.54) is 50.3 Å². The normalized spacial score (nSPS) is 19.8. The van der Waals surface area contributed by atoms with Crippen molar-refractivity contribution in [3.63, 3.8) is 0 Å². The largest absolute Gasteiger partial charge is 0.307 e. The number of halogens is 2. The van der Waals surface area contributed by atoms with Gasteiger partial charge in [-0.3, -0.25) is 0 Å². The van der Waals surface area contributed by atoms with Gasteiger partial charge in [0.15, 0.2) is 0 Å². The molecule has 0 radical (unpaired) electrons. The first-order valence-corrected chi connectivity index (χ1v) is 7.82. The number of rotatable bonds is 5. The van der Waals surface area contributed by atoms with Gasteiger partial charge in [-0.25, -0.2) is 8.78 Å². The van der Waals surface area contributed by atoms with Crippen molar-refractivity contribution >= 4 is 0 Å². The quantitative estimate of drug-likeness (QED) is 0.803. The average molecular weight is 281 g/mol. The van der Waals surface area contributed by atoms with Crippen molar-refractivity contribution in [2.24, 2.45) is 5.92 Å². The molecular formula is C17H25F2N. The Bertz CT molecular complexity index is 427. The van der Waals surface area contributed by atoms with Crippen LogP contribution in [0.1, 0.15) is 64.0 Å². The summed E-state index contributed by atoms with van der Waals surface area (Å²) >= 11 is 0. The predicted octanol–water partition coefficient (Wildman–Crippen LogP) is 4.97. The predicted molar refractivity (Wildman–Crippen MR) is 78.6 cm³/mol. The van der Waals surface area contributed by atoms with E-state index in [4.69, 9.17) is 0 Å². The van der Waals surface area contributed by atoms with Gasteiger partial charge in [-0.2, -0.15) is 0 Å². The summed E-state index contributed by atoms with van der Waals surface area (Å²) in [5.41, 5.74) is 0.430. The zero-order chi connectivity index (χ0) is 14.5. The van der Waals surface area contributed by atoms with Gasteiger partial charge in [0.25, 0.3) is 0 Å². The monoisotopic (exact) mass is 281 g/mol. The summed E-state index contributed by atoms with van der Waals surface area (Å²) in [6.45, 7) is 4.09. The minimum absolute atomic E-state index is 0.155. The second-order valence-electron chi connectivity index (χ2n) is 5.97. The van der Waals surface area contributed by atoms with Crippen molar-refractivity contribution in [1.29, 1.82) is 0 Å². The van der Waals surface area contributed by atoms with E-state index in [-0.39, 0.29) is 17.7 Å². The van der Waals surface area contributed by atoms with Gasteiger partial charge in [-0.05, 0) is 50.3 Å². The first-order chi connectivity index (χ1) is 9.61. The SMILES string of the molecule is CCC(NC(C)c1cc(F)ccc1F)C1CCCCC1. The van der Waals surface area contributed by atoms with Crippen LogP contribution in [0.25, 0.3) is 0 Å². The standard InChI is InChI=1S/C17H25F2N/c1-3-17(13-7-5-4-6-8-13)20-12(2)15-11-14(18)9-10-16(15)19/h9-13,17,20H,3-8H2,1-2H3. The van der Waals surface area contributed by atoms with Crippen LogP contribution in [-0.2, 0) is 0 Å². The van der Waals surface area contributed by atoms with Gasteiger partial charge >= 0.3 is 0 Å². The molecule has 1 N–H and O–H groups in total. The second kappa shape index (κ2) is 7.16. The fourth-order valence-corrected chi connectivity index (χ4v) is 3.38. The third kappa shape index (κ3) is 3.78. The molecule has 0 saturated heterocycles. The molecule has 1 nitrogen and oxygen atoms in total. The maximum Gasteiger partial charge on any atom is 0.128 e. The summed E-state index contributed by atoms with van der Waals surface area (Å²) in [6.07, 6.45) is 7.47. The Morgan fingerprint density at radius 3 is 2.55 bits per heavy atom. The molecule has 20 heavy (non-hydrogen) atoms. The fourth-order valence-electron chi connectivity index (χ4n) is 3.38. The van der Waals surface area contributed by atoms with Gasteiger partial charge in [-0.15, -0.1) is 0 Å². The Hall–Kier alpha value is -0.960. The van der Waals surface area contributed by atoms with Crippen LogP contribution in [0.5, 0.6) is 0 Å². The molecule has 0 aliphatic heterocycles. The molecule has 0 bridgehead atoms. The van der Waals surface area contributed by atoms with Crippen LogP contribution in [0.3, 0.4) is 0 Å². The summed E-state index contributed by atoms with van der Waals surface area (Å²) in [7, 11) is 0. The highest BCUT2D eigenvalue weighted by Crippen LogP contribution is 2.29. The number of nitrogens with one attached hydrogen (secondary N) is 1. The van der Waals surface area contributed by atoms with Crippen LogP contribution in [0, 0.1) is 17.6 Å². The molecule has 1 aliphatic carbocycles. The lowest BCUT2D eigenvalue weighted by atomic mass is 9.82. The Kier molecular flexibility index (Phi) is 5.53. The highest BCUT2D eigenvalue weighted by Gasteiger charge is 2.24. The molecular weight excluding hydrogens is 256 g/mol. The van der Waals surface area contributed by atoms with Gasteiger partial charge < -0.3 is 5.32 Å². The lowest BCUT2D eigenvalue weighted by molar-refractivity contribution is 0.248. The van der Waals surface area contributed by atoms with E-state index in [2.05, 4.69) is 12.2 Å². The fraction of sp³-hybridized carbons (Fsp3) is 0.647. The molecule has 0 aromatic heterocycles. The van der Waals surface area contributed by atoms with E-state index >= 15 is 0 Å². The highest BCUT2D eigenvalue weighted by atomic mass is 19.1. The minimum atomic E-state index is -0.374. The van der Waals surface area contributed by atoms with Gasteiger partial charge in [0.1, 0.15) is 11.6 Å². The molecule has 2 rings (SSSR count). The Labute approximate surface area is 120 Å². The Balaban J connectivity index is 2.04. The van der Waals surface area contributed by atoms with E-state index in [1.54, 1.807) is 0 Å². The molecule has 0 heterocycles.